The average Bonchev–Trinajstić information content (AvgIpc) is 2.97. The summed E-state index contributed by atoms with van der Waals surface area (Å²) in [5.74, 6) is 2.07. The Labute approximate surface area is 130 Å². The maximum absolute atomic E-state index is 4.60. The smallest absolute Gasteiger partial charge is 0.137 e. The molecule has 1 atom stereocenters. The van der Waals surface area contributed by atoms with E-state index < -0.39 is 0 Å². The van der Waals surface area contributed by atoms with Gasteiger partial charge in [-0.25, -0.2) is 9.97 Å². The highest BCUT2D eigenvalue weighted by Crippen LogP contribution is 2.37. The van der Waals surface area contributed by atoms with E-state index in [1.54, 1.807) is 6.33 Å². The van der Waals surface area contributed by atoms with Crippen LogP contribution in [0, 0.1) is 0 Å². The molecule has 5 heteroatoms. The summed E-state index contributed by atoms with van der Waals surface area (Å²) in [6.07, 6.45) is 3.74. The van der Waals surface area contributed by atoms with Gasteiger partial charge in [-0.1, -0.05) is 6.92 Å². The van der Waals surface area contributed by atoms with Gasteiger partial charge in [0.15, 0.2) is 0 Å². The fraction of sp³-hybridized carbons (Fsp3) is 0.500. The number of nitrogens with one attached hydrogen (secondary N) is 1. The second-order valence-corrected chi connectivity index (χ2v) is 6.33. The lowest BCUT2D eigenvalue weighted by Crippen LogP contribution is -2.34. The zero-order valence-electron chi connectivity index (χ0n) is 12.9. The number of thiophene rings is 1. The molecule has 0 saturated heterocycles. The Hall–Kier alpha value is -1.62. The van der Waals surface area contributed by atoms with Crippen LogP contribution in [0.4, 0.5) is 11.6 Å². The zero-order valence-corrected chi connectivity index (χ0v) is 13.7. The summed E-state index contributed by atoms with van der Waals surface area (Å²) in [5, 5.41) is 5.56. The van der Waals surface area contributed by atoms with Crippen molar-refractivity contribution in [3.63, 3.8) is 0 Å². The van der Waals surface area contributed by atoms with Gasteiger partial charge in [0.25, 0.3) is 0 Å². The Morgan fingerprint density at radius 2 is 2.24 bits per heavy atom. The number of hydrogen-bond donors (Lipinski definition) is 1. The molecule has 3 heterocycles. The molecule has 0 spiro atoms. The summed E-state index contributed by atoms with van der Waals surface area (Å²) >= 11 is 1.88. The predicted octanol–water partition coefficient (Wildman–Crippen LogP) is 3.66. The van der Waals surface area contributed by atoms with Gasteiger partial charge in [-0.05, 0) is 43.7 Å². The van der Waals surface area contributed by atoms with E-state index in [1.807, 2.05) is 11.3 Å². The maximum Gasteiger partial charge on any atom is 0.137 e. The van der Waals surface area contributed by atoms with Crippen molar-refractivity contribution in [1.29, 1.82) is 0 Å². The lowest BCUT2D eigenvalue weighted by molar-refractivity contribution is 0.621. The third-order valence-corrected chi connectivity index (χ3v) is 5.17. The van der Waals surface area contributed by atoms with Crippen molar-refractivity contribution < 1.29 is 0 Å². The second kappa shape index (κ2) is 6.02. The largest absolute Gasteiger partial charge is 0.370 e. The summed E-state index contributed by atoms with van der Waals surface area (Å²) in [4.78, 5) is 13.0. The molecule has 112 valence electrons. The lowest BCUT2D eigenvalue weighted by Gasteiger charge is -2.36. The normalized spacial score (nSPS) is 17.7. The van der Waals surface area contributed by atoms with Gasteiger partial charge in [-0.15, -0.1) is 11.3 Å². The highest BCUT2D eigenvalue weighted by Gasteiger charge is 2.27. The lowest BCUT2D eigenvalue weighted by atomic mass is 10.0. The van der Waals surface area contributed by atoms with Gasteiger partial charge in [0, 0.05) is 23.5 Å². The molecule has 0 amide bonds. The molecule has 0 aromatic carbocycles. The molecule has 2 aromatic heterocycles. The van der Waals surface area contributed by atoms with Crippen molar-refractivity contribution in [2.45, 2.75) is 39.7 Å². The molecule has 0 saturated carbocycles. The standard InChI is InChI=1S/C16H22N4S/c1-4-12-15(17-5-2)18-10-19-16(12)20-8-6-14-13(11(20)3)7-9-21-14/h7,9-11H,4-6,8H2,1-3H3,(H,17,18,19). The first kappa shape index (κ1) is 14.3. The highest BCUT2D eigenvalue weighted by atomic mass is 32.1. The van der Waals surface area contributed by atoms with Crippen molar-refractivity contribution in [2.24, 2.45) is 0 Å². The Morgan fingerprint density at radius 1 is 1.38 bits per heavy atom. The average molecular weight is 302 g/mol. The minimum Gasteiger partial charge on any atom is -0.370 e. The van der Waals surface area contributed by atoms with Crippen LogP contribution in [0.1, 0.15) is 42.8 Å². The van der Waals surface area contributed by atoms with E-state index in [-0.39, 0.29) is 0 Å². The summed E-state index contributed by atoms with van der Waals surface area (Å²) in [7, 11) is 0. The molecule has 1 unspecified atom stereocenters. The van der Waals surface area contributed by atoms with Crippen LogP contribution in [-0.4, -0.2) is 23.1 Å². The van der Waals surface area contributed by atoms with Crippen molar-refractivity contribution in [3.8, 4) is 0 Å². The number of anilines is 2. The molecule has 1 N–H and O–H groups in total. The summed E-state index contributed by atoms with van der Waals surface area (Å²) < 4.78 is 0. The fourth-order valence-corrected chi connectivity index (χ4v) is 4.06. The predicted molar refractivity (Wildman–Crippen MR) is 89.4 cm³/mol. The van der Waals surface area contributed by atoms with Crippen LogP contribution in [0.3, 0.4) is 0 Å². The molecule has 2 aromatic rings. The molecule has 1 aliphatic rings. The van der Waals surface area contributed by atoms with Gasteiger partial charge in [-0.3, -0.25) is 0 Å². The molecule has 1 aliphatic heterocycles. The number of nitrogens with zero attached hydrogens (tertiary/aromatic N) is 3. The molecule has 0 fully saturated rings. The van der Waals surface area contributed by atoms with Crippen LogP contribution in [0.5, 0.6) is 0 Å². The van der Waals surface area contributed by atoms with Crippen LogP contribution in [0.15, 0.2) is 17.8 Å². The van der Waals surface area contributed by atoms with E-state index >= 15 is 0 Å². The summed E-state index contributed by atoms with van der Waals surface area (Å²) in [6, 6.07) is 2.64. The zero-order chi connectivity index (χ0) is 14.8. The van der Waals surface area contributed by atoms with E-state index in [0.29, 0.717) is 6.04 Å². The Balaban J connectivity index is 1.99. The van der Waals surface area contributed by atoms with Gasteiger partial charge in [0.1, 0.15) is 18.0 Å². The van der Waals surface area contributed by atoms with Gasteiger partial charge in [0.05, 0.1) is 6.04 Å². The van der Waals surface area contributed by atoms with E-state index in [0.717, 1.165) is 37.6 Å². The topological polar surface area (TPSA) is 41.1 Å². The van der Waals surface area contributed by atoms with Crippen LogP contribution in [-0.2, 0) is 12.8 Å². The Kier molecular flexibility index (Phi) is 4.10. The minimum atomic E-state index is 0.384. The molecule has 0 aliphatic carbocycles. The van der Waals surface area contributed by atoms with Crippen molar-refractivity contribution in [1.82, 2.24) is 9.97 Å². The number of hydrogen-bond acceptors (Lipinski definition) is 5. The highest BCUT2D eigenvalue weighted by molar-refractivity contribution is 7.10. The molecular weight excluding hydrogens is 280 g/mol. The number of rotatable bonds is 4. The second-order valence-electron chi connectivity index (χ2n) is 5.33. The molecule has 4 nitrogen and oxygen atoms in total. The number of fused-ring (bicyclic) bond motifs is 1. The maximum atomic E-state index is 4.60. The monoisotopic (exact) mass is 302 g/mol. The molecule has 0 radical (unpaired) electrons. The molecule has 21 heavy (non-hydrogen) atoms. The van der Waals surface area contributed by atoms with Gasteiger partial charge in [-0.2, -0.15) is 0 Å². The van der Waals surface area contributed by atoms with Crippen LogP contribution in [0.2, 0.25) is 0 Å². The van der Waals surface area contributed by atoms with Crippen molar-refractivity contribution in [3.05, 3.63) is 33.8 Å². The summed E-state index contributed by atoms with van der Waals surface area (Å²) in [5.41, 5.74) is 2.68. The Bertz CT molecular complexity index is 622. The first-order valence-corrected chi connectivity index (χ1v) is 8.54. The van der Waals surface area contributed by atoms with E-state index in [4.69, 9.17) is 0 Å². The quantitative estimate of drug-likeness (QED) is 0.936. The van der Waals surface area contributed by atoms with Gasteiger partial charge < -0.3 is 10.2 Å². The van der Waals surface area contributed by atoms with E-state index in [1.165, 1.54) is 16.0 Å². The van der Waals surface area contributed by atoms with E-state index in [2.05, 4.69) is 52.4 Å². The SMILES string of the molecule is CCNc1ncnc(N2CCc3sccc3C2C)c1CC. The Morgan fingerprint density at radius 3 is 3.00 bits per heavy atom. The third kappa shape index (κ3) is 2.50. The van der Waals surface area contributed by atoms with Crippen LogP contribution < -0.4 is 10.2 Å². The van der Waals surface area contributed by atoms with E-state index in [9.17, 15) is 0 Å². The minimum absolute atomic E-state index is 0.384. The van der Waals surface area contributed by atoms with Crippen molar-refractivity contribution in [2.75, 3.05) is 23.3 Å². The molecular formula is C16H22N4S. The first-order chi connectivity index (χ1) is 10.3. The van der Waals surface area contributed by atoms with Crippen LogP contribution in [0.25, 0.3) is 0 Å². The molecule has 0 bridgehead atoms. The number of aromatic nitrogens is 2. The van der Waals surface area contributed by atoms with Crippen molar-refractivity contribution >= 4 is 23.0 Å². The van der Waals surface area contributed by atoms with Gasteiger partial charge >= 0.3 is 0 Å². The fourth-order valence-electron chi connectivity index (χ4n) is 3.09. The first-order valence-electron chi connectivity index (χ1n) is 7.66. The molecule has 3 rings (SSSR count). The van der Waals surface area contributed by atoms with Crippen LogP contribution >= 0.6 is 11.3 Å². The summed E-state index contributed by atoms with van der Waals surface area (Å²) in [6.45, 7) is 8.47. The van der Waals surface area contributed by atoms with Gasteiger partial charge in [0.2, 0.25) is 0 Å². The third-order valence-electron chi connectivity index (χ3n) is 4.17.